The highest BCUT2D eigenvalue weighted by Crippen LogP contribution is 2.40. The molecule has 0 heterocycles. The first-order valence-electron chi connectivity index (χ1n) is 17.0. The summed E-state index contributed by atoms with van der Waals surface area (Å²) < 4.78 is 0. The molecule has 0 N–H and O–H groups in total. The van der Waals surface area contributed by atoms with Gasteiger partial charge in [0.15, 0.2) is 5.78 Å². The lowest BCUT2D eigenvalue weighted by atomic mass is 9.71. The van der Waals surface area contributed by atoms with Gasteiger partial charge < -0.3 is 0 Å². The van der Waals surface area contributed by atoms with Crippen molar-refractivity contribution in [3.05, 3.63) is 58.7 Å². The summed E-state index contributed by atoms with van der Waals surface area (Å²) in [7, 11) is 0. The van der Waals surface area contributed by atoms with Gasteiger partial charge in [0.1, 0.15) is 11.6 Å². The van der Waals surface area contributed by atoms with Crippen molar-refractivity contribution in [1.29, 1.82) is 0 Å². The molecule has 0 spiro atoms. The van der Waals surface area contributed by atoms with Crippen molar-refractivity contribution in [2.24, 2.45) is 23.7 Å². The lowest BCUT2D eigenvalue weighted by Crippen LogP contribution is -2.30. The van der Waals surface area contributed by atoms with Crippen LogP contribution in [0.15, 0.2) is 36.4 Å². The Hall–Kier alpha value is -2.55. The second-order valence-corrected chi connectivity index (χ2v) is 13.2. The summed E-state index contributed by atoms with van der Waals surface area (Å²) in [6, 6.07) is 13.4. The van der Waals surface area contributed by atoms with Gasteiger partial charge in [-0.3, -0.25) is 14.4 Å². The van der Waals surface area contributed by atoms with Crippen molar-refractivity contribution in [3.63, 3.8) is 0 Å². The highest BCUT2D eigenvalue weighted by Gasteiger charge is 2.34. The maximum Gasteiger partial charge on any atom is 0.163 e. The Morgan fingerprint density at radius 3 is 2.29 bits per heavy atom. The number of benzene rings is 2. The lowest BCUT2D eigenvalue weighted by Gasteiger charge is -2.32. The average Bonchev–Trinajstić information content (AvgIpc) is 2.94. The van der Waals surface area contributed by atoms with Crippen LogP contribution in [0.3, 0.4) is 0 Å². The molecule has 4 rings (SSSR count). The first-order valence-corrected chi connectivity index (χ1v) is 17.0. The molecule has 2 aromatic rings. The molecule has 0 saturated heterocycles. The summed E-state index contributed by atoms with van der Waals surface area (Å²) in [5, 5.41) is 0. The molecule has 2 aromatic carbocycles. The van der Waals surface area contributed by atoms with Crippen molar-refractivity contribution >= 4 is 17.3 Å². The van der Waals surface area contributed by atoms with E-state index in [0.717, 1.165) is 55.6 Å². The van der Waals surface area contributed by atoms with Crippen LogP contribution < -0.4 is 0 Å². The van der Waals surface area contributed by atoms with Crippen LogP contribution in [0, 0.1) is 30.6 Å². The van der Waals surface area contributed by atoms with Crippen molar-refractivity contribution < 1.29 is 14.4 Å². The zero-order chi connectivity index (χ0) is 30.6. The first-order chi connectivity index (χ1) is 20.2. The summed E-state index contributed by atoms with van der Waals surface area (Å²) in [5.74, 6) is 1.42. The molecular formula is C39H56O3. The predicted octanol–water partition coefficient (Wildman–Crippen LogP) is 10.3. The van der Waals surface area contributed by atoms with Crippen LogP contribution in [0.25, 0.3) is 11.1 Å². The smallest absolute Gasteiger partial charge is 0.163 e. The molecule has 0 bridgehead atoms. The molecule has 0 amide bonds. The second-order valence-electron chi connectivity index (χ2n) is 13.2. The number of carbonyl (C=O) groups excluding carboxylic acids is 3. The van der Waals surface area contributed by atoms with Gasteiger partial charge in [0, 0.05) is 17.9 Å². The molecule has 1 saturated carbocycles. The minimum atomic E-state index is -0.0983. The van der Waals surface area contributed by atoms with E-state index in [1.807, 2.05) is 0 Å². The Morgan fingerprint density at radius 2 is 1.64 bits per heavy atom. The molecule has 3 heteroatoms. The number of carbonyl (C=O) groups is 3. The molecule has 42 heavy (non-hydrogen) atoms. The summed E-state index contributed by atoms with van der Waals surface area (Å²) >= 11 is 0. The van der Waals surface area contributed by atoms with Crippen molar-refractivity contribution in [3.8, 4) is 11.1 Å². The summed E-state index contributed by atoms with van der Waals surface area (Å²) in [6.45, 7) is 12.0. The number of aryl methyl sites for hydroxylation is 1. The number of Topliss-reactive ketones (excluding diaryl/α,β-unsaturated/α-hetero) is 3. The van der Waals surface area contributed by atoms with E-state index in [1.165, 1.54) is 67.7 Å². The van der Waals surface area contributed by atoms with Gasteiger partial charge in [-0.1, -0.05) is 115 Å². The quantitative estimate of drug-likeness (QED) is 0.238. The summed E-state index contributed by atoms with van der Waals surface area (Å²) in [6.07, 6.45) is 14.2. The fourth-order valence-corrected chi connectivity index (χ4v) is 7.60. The topological polar surface area (TPSA) is 51.2 Å². The zero-order valence-electron chi connectivity index (χ0n) is 27.4. The van der Waals surface area contributed by atoms with Crippen LogP contribution in [0.4, 0.5) is 0 Å². The van der Waals surface area contributed by atoms with Crippen molar-refractivity contribution in [1.82, 2.24) is 0 Å². The van der Waals surface area contributed by atoms with Crippen LogP contribution in [-0.4, -0.2) is 17.3 Å². The largest absolute Gasteiger partial charge is 0.300 e. The summed E-state index contributed by atoms with van der Waals surface area (Å²) in [4.78, 5) is 38.3. The molecule has 2 aliphatic carbocycles. The van der Waals surface area contributed by atoms with Crippen molar-refractivity contribution in [2.75, 3.05) is 0 Å². The third kappa shape index (κ3) is 9.22. The number of hydrogen-bond donors (Lipinski definition) is 0. The molecule has 3 atom stereocenters. The number of ketones is 3. The van der Waals surface area contributed by atoms with Gasteiger partial charge in [-0.25, -0.2) is 0 Å². The molecule has 0 aliphatic heterocycles. The Morgan fingerprint density at radius 1 is 0.929 bits per heavy atom. The van der Waals surface area contributed by atoms with Gasteiger partial charge in [0.25, 0.3) is 0 Å². The Bertz CT molecular complexity index is 1190. The Labute approximate surface area is 256 Å². The minimum Gasteiger partial charge on any atom is -0.300 e. The molecule has 1 fully saturated rings. The predicted molar refractivity (Wildman–Crippen MR) is 176 cm³/mol. The standard InChI is InChI=1S/C36H48O3.C3H8/c1-5-11-29(31(6-2)34(38)18-25(4)37)21-28-22-33-32(17-16-24(3)36(33)35(39)23-28)30-15-10-14-27(20-30)19-26-12-8-7-9-13-26;1-3-2/h10,14-17,20,26,28-29,31H,5-9,11-13,18-19,21-23H2,1-4H3;3H2,1-2H3. The fraction of sp³-hybridized carbons (Fsp3) is 0.615. The van der Waals surface area contributed by atoms with Crippen LogP contribution in [0.1, 0.15) is 139 Å². The minimum absolute atomic E-state index is 0.0334. The van der Waals surface area contributed by atoms with Crippen LogP contribution >= 0.6 is 0 Å². The fourth-order valence-electron chi connectivity index (χ4n) is 7.60. The highest BCUT2D eigenvalue weighted by molar-refractivity contribution is 6.02. The molecule has 2 aliphatic rings. The average molecular weight is 573 g/mol. The molecule has 230 valence electrons. The molecule has 0 aromatic heterocycles. The molecule has 0 radical (unpaired) electrons. The van der Waals surface area contributed by atoms with Crippen LogP contribution in [0.2, 0.25) is 0 Å². The lowest BCUT2D eigenvalue weighted by molar-refractivity contribution is -0.129. The van der Waals surface area contributed by atoms with Crippen LogP contribution in [-0.2, 0) is 22.4 Å². The first kappa shape index (κ1) is 33.9. The highest BCUT2D eigenvalue weighted by atomic mass is 16.1. The Balaban J connectivity index is 0.00000155. The number of rotatable bonds is 12. The van der Waals surface area contributed by atoms with Gasteiger partial charge in [0.05, 0.1) is 6.42 Å². The van der Waals surface area contributed by atoms with E-state index in [0.29, 0.717) is 6.42 Å². The second kappa shape index (κ2) is 16.9. The van der Waals surface area contributed by atoms with Crippen molar-refractivity contribution in [2.45, 2.75) is 131 Å². The van der Waals surface area contributed by atoms with E-state index in [9.17, 15) is 14.4 Å². The third-order valence-electron chi connectivity index (χ3n) is 9.40. The van der Waals surface area contributed by atoms with E-state index < -0.39 is 0 Å². The molecular weight excluding hydrogens is 516 g/mol. The number of fused-ring (bicyclic) bond motifs is 1. The maximum absolute atomic E-state index is 13.6. The molecule has 3 nitrogen and oxygen atoms in total. The van der Waals surface area contributed by atoms with Gasteiger partial charge in [-0.05, 0) is 85.1 Å². The summed E-state index contributed by atoms with van der Waals surface area (Å²) in [5.41, 5.74) is 7.03. The van der Waals surface area contributed by atoms with Crippen LogP contribution in [0.5, 0.6) is 0 Å². The van der Waals surface area contributed by atoms with Gasteiger partial charge in [-0.15, -0.1) is 0 Å². The zero-order valence-corrected chi connectivity index (χ0v) is 27.4. The van der Waals surface area contributed by atoms with E-state index in [4.69, 9.17) is 0 Å². The SMILES string of the molecule is CCC.CCCC(CC1CC(=O)c2c(C)ccc(-c3cccc(CC4CCCCC4)c3)c2C1)C(CC)C(=O)CC(C)=O. The van der Waals surface area contributed by atoms with Gasteiger partial charge in [0.2, 0.25) is 0 Å². The van der Waals surface area contributed by atoms with Gasteiger partial charge in [-0.2, -0.15) is 0 Å². The van der Waals surface area contributed by atoms with E-state index in [1.54, 1.807) is 0 Å². The van der Waals surface area contributed by atoms with E-state index in [2.05, 4.69) is 71.0 Å². The Kier molecular flexibility index (Phi) is 13.7. The number of hydrogen-bond acceptors (Lipinski definition) is 3. The monoisotopic (exact) mass is 572 g/mol. The third-order valence-corrected chi connectivity index (χ3v) is 9.40. The normalized spacial score (nSPS) is 18.4. The van der Waals surface area contributed by atoms with Gasteiger partial charge >= 0.3 is 0 Å². The maximum atomic E-state index is 13.6. The molecule has 3 unspecified atom stereocenters. The van der Waals surface area contributed by atoms with E-state index in [-0.39, 0.29) is 41.5 Å². The van der Waals surface area contributed by atoms with E-state index >= 15 is 0 Å².